The molecule has 3 aliphatic rings. The van der Waals surface area contributed by atoms with Crippen molar-refractivity contribution in [3.63, 3.8) is 0 Å². The summed E-state index contributed by atoms with van der Waals surface area (Å²) in [5.74, 6) is -1.53. The van der Waals surface area contributed by atoms with Gasteiger partial charge in [0.2, 0.25) is 17.1 Å². The summed E-state index contributed by atoms with van der Waals surface area (Å²) in [6.45, 7) is 9.80. The van der Waals surface area contributed by atoms with Gasteiger partial charge in [0, 0.05) is 73.2 Å². The molecule has 3 aliphatic heterocycles. The number of ether oxygens (including phenoxy) is 3. The number of carbonyl (C=O) groups excluding carboxylic acids is 3. The van der Waals surface area contributed by atoms with E-state index in [1.807, 2.05) is 91.0 Å². The van der Waals surface area contributed by atoms with Crippen molar-refractivity contribution in [2.75, 3.05) is 19.8 Å². The van der Waals surface area contributed by atoms with Crippen molar-refractivity contribution in [2.24, 2.45) is 11.8 Å². The Morgan fingerprint density at radius 2 is 1.02 bits per heavy atom. The van der Waals surface area contributed by atoms with Gasteiger partial charge < -0.3 is 14.2 Å². The van der Waals surface area contributed by atoms with Crippen LogP contribution in [0.3, 0.4) is 0 Å². The molecule has 60 heavy (non-hydrogen) atoms. The van der Waals surface area contributed by atoms with E-state index >= 15 is 0 Å². The number of carbonyl (C=O) groups is 3. The van der Waals surface area contributed by atoms with Gasteiger partial charge in [-0.2, -0.15) is 0 Å². The fraction of sp³-hybridized carbons (Fsp3) is 0.489. The Morgan fingerprint density at radius 3 is 1.33 bits per heavy atom. The van der Waals surface area contributed by atoms with E-state index in [-0.39, 0.29) is 57.4 Å². The maximum absolute atomic E-state index is 11.7. The number of benzene rings is 3. The lowest BCUT2D eigenvalue weighted by Gasteiger charge is -2.27. The third kappa shape index (κ3) is 16.3. The first kappa shape index (κ1) is 48.4. The molecule has 0 N–H and O–H groups in total. The van der Waals surface area contributed by atoms with Gasteiger partial charge in [-0.05, 0) is 55.2 Å². The van der Waals surface area contributed by atoms with Gasteiger partial charge >= 0.3 is 17.9 Å². The van der Waals surface area contributed by atoms with Crippen molar-refractivity contribution >= 4 is 17.9 Å². The van der Waals surface area contributed by atoms with E-state index in [4.69, 9.17) is 9.47 Å². The first-order valence-electron chi connectivity index (χ1n) is 20.3. The smallest absolute Gasteiger partial charge is 0.333 e. The standard InChI is InChI=1S/2C15H19NO4.C9H11NO2.C6H8O2/c2*1-15(16(18)19,10-12-6-3-2-4-7-12)11-13-8-5-9-20-14(13)17;1-8(10(11)12)7-9-5-3-2-4-6-9;1-5-3-2-4-8-6(5)7/h2*2-4,6-7,13H,5,8-11H2,1H3;2-6,8H,7H2,1H3;1-4H2. The van der Waals surface area contributed by atoms with Crippen LogP contribution in [0.25, 0.3) is 0 Å². The fourth-order valence-corrected chi connectivity index (χ4v) is 7.09. The van der Waals surface area contributed by atoms with Crippen molar-refractivity contribution in [3.05, 3.63) is 150 Å². The highest BCUT2D eigenvalue weighted by molar-refractivity contribution is 5.88. The predicted octanol–water partition coefficient (Wildman–Crippen LogP) is 7.99. The second-order valence-corrected chi connectivity index (χ2v) is 15.9. The number of hydrogen-bond acceptors (Lipinski definition) is 12. The molecule has 5 unspecified atom stereocenters. The molecule has 0 amide bonds. The number of nitrogens with zero attached hydrogens (tertiary/aromatic N) is 3. The van der Waals surface area contributed by atoms with Crippen LogP contribution in [-0.4, -0.2) is 69.6 Å². The molecule has 6 rings (SSSR count). The van der Waals surface area contributed by atoms with E-state index in [0.717, 1.165) is 42.4 Å². The molecule has 3 heterocycles. The normalized spacial score (nSPS) is 19.8. The lowest BCUT2D eigenvalue weighted by atomic mass is 9.82. The summed E-state index contributed by atoms with van der Waals surface area (Å²) in [5, 5.41) is 33.2. The van der Waals surface area contributed by atoms with Gasteiger partial charge in [0.15, 0.2) is 0 Å². The molecule has 15 heteroatoms. The Balaban J connectivity index is 0.000000225. The van der Waals surface area contributed by atoms with Crippen molar-refractivity contribution in [3.8, 4) is 0 Å². The second-order valence-electron chi connectivity index (χ2n) is 15.9. The first-order valence-corrected chi connectivity index (χ1v) is 20.3. The number of cyclic esters (lactones) is 3. The molecule has 3 saturated heterocycles. The van der Waals surface area contributed by atoms with Crippen molar-refractivity contribution in [1.82, 2.24) is 0 Å². The Bertz CT molecular complexity index is 1770. The predicted molar refractivity (Wildman–Crippen MR) is 224 cm³/mol. The minimum absolute atomic E-state index is 0.226. The fourth-order valence-electron chi connectivity index (χ4n) is 7.09. The van der Waals surface area contributed by atoms with E-state index in [2.05, 4.69) is 11.3 Å². The molecule has 5 atom stereocenters. The van der Waals surface area contributed by atoms with Gasteiger partial charge in [-0.25, -0.2) is 4.79 Å². The first-order chi connectivity index (χ1) is 28.5. The SMILES string of the molecule is C=C1CCCOC1=O.CC(Cc1ccccc1)(CC1CCCOC1=O)[N+](=O)[O-].CC(Cc1ccccc1)(CC1CCCOC1=O)[N+](=O)[O-].CC(Cc1ccccc1)[N+](=O)[O-]. The van der Waals surface area contributed by atoms with Gasteiger partial charge in [-0.1, -0.05) is 97.6 Å². The molecule has 0 spiro atoms. The van der Waals surface area contributed by atoms with Crippen LogP contribution < -0.4 is 0 Å². The monoisotopic (exact) mass is 831 g/mol. The van der Waals surface area contributed by atoms with Crippen LogP contribution in [0.2, 0.25) is 0 Å². The van der Waals surface area contributed by atoms with E-state index in [9.17, 15) is 44.7 Å². The third-order valence-electron chi connectivity index (χ3n) is 10.5. The summed E-state index contributed by atoms with van der Waals surface area (Å²) < 4.78 is 14.7. The van der Waals surface area contributed by atoms with Crippen LogP contribution in [0.1, 0.15) is 88.8 Å². The summed E-state index contributed by atoms with van der Waals surface area (Å²) in [6, 6.07) is 27.7. The molecule has 324 valence electrons. The van der Waals surface area contributed by atoms with Gasteiger partial charge in [-0.15, -0.1) is 0 Å². The molecule has 3 fully saturated rings. The minimum atomic E-state index is -1.14. The maximum atomic E-state index is 11.7. The summed E-state index contributed by atoms with van der Waals surface area (Å²) in [7, 11) is 0. The van der Waals surface area contributed by atoms with Gasteiger partial charge in [-0.3, -0.25) is 39.9 Å². The van der Waals surface area contributed by atoms with Crippen LogP contribution in [0, 0.1) is 42.2 Å². The zero-order valence-corrected chi connectivity index (χ0v) is 34.7. The van der Waals surface area contributed by atoms with Crippen LogP contribution >= 0.6 is 0 Å². The molecule has 15 nitrogen and oxygen atoms in total. The number of esters is 3. The lowest BCUT2D eigenvalue weighted by Crippen LogP contribution is -2.42. The molecule has 3 aromatic carbocycles. The van der Waals surface area contributed by atoms with Crippen molar-refractivity contribution in [2.45, 2.75) is 109 Å². The lowest BCUT2D eigenvalue weighted by molar-refractivity contribution is -0.567. The van der Waals surface area contributed by atoms with Gasteiger partial charge in [0.05, 0.1) is 31.7 Å². The summed E-state index contributed by atoms with van der Waals surface area (Å²) in [4.78, 5) is 66.3. The largest absolute Gasteiger partial charge is 0.465 e. The Morgan fingerprint density at radius 1 is 0.633 bits per heavy atom. The minimum Gasteiger partial charge on any atom is -0.465 e. The summed E-state index contributed by atoms with van der Waals surface area (Å²) >= 11 is 0. The van der Waals surface area contributed by atoms with E-state index in [1.165, 1.54) is 0 Å². The molecular weight excluding hydrogens is 775 g/mol. The Kier molecular flexibility index (Phi) is 19.5. The van der Waals surface area contributed by atoms with Crippen LogP contribution in [0.4, 0.5) is 0 Å². The number of rotatable bonds is 13. The quantitative estimate of drug-likeness (QED) is 0.0528. The molecule has 0 radical (unpaired) electrons. The topological polar surface area (TPSA) is 208 Å². The molecule has 0 aliphatic carbocycles. The Labute approximate surface area is 350 Å². The highest BCUT2D eigenvalue weighted by Crippen LogP contribution is 2.31. The van der Waals surface area contributed by atoms with Crippen molar-refractivity contribution < 1.29 is 43.4 Å². The highest BCUT2D eigenvalue weighted by Gasteiger charge is 2.44. The van der Waals surface area contributed by atoms with E-state index < -0.39 is 17.1 Å². The zero-order chi connectivity index (χ0) is 44.1. The molecule has 0 bridgehead atoms. The number of hydrogen-bond donors (Lipinski definition) is 0. The number of nitro groups is 3. The highest BCUT2D eigenvalue weighted by atomic mass is 16.6. The summed E-state index contributed by atoms with van der Waals surface area (Å²) in [5.41, 5.74) is 1.18. The van der Waals surface area contributed by atoms with E-state index in [0.29, 0.717) is 57.5 Å². The molecular formula is C45H57N3O12. The van der Waals surface area contributed by atoms with E-state index in [1.54, 1.807) is 20.8 Å². The zero-order valence-electron chi connectivity index (χ0n) is 34.7. The van der Waals surface area contributed by atoms with Gasteiger partial charge in [0.1, 0.15) is 0 Å². The van der Waals surface area contributed by atoms with Crippen LogP contribution in [0.5, 0.6) is 0 Å². The maximum Gasteiger partial charge on any atom is 0.333 e. The third-order valence-corrected chi connectivity index (χ3v) is 10.5. The Hall–Kier alpha value is -5.99. The van der Waals surface area contributed by atoms with Crippen LogP contribution in [-0.2, 0) is 47.9 Å². The average Bonchev–Trinajstić information content (AvgIpc) is 3.22. The molecule has 0 aromatic heterocycles. The summed E-state index contributed by atoms with van der Waals surface area (Å²) in [6.07, 6.45) is 6.28. The average molecular weight is 832 g/mol. The van der Waals surface area contributed by atoms with Gasteiger partial charge in [0.25, 0.3) is 0 Å². The second kappa shape index (κ2) is 24.2. The molecule has 0 saturated carbocycles. The molecule has 3 aromatic rings. The van der Waals surface area contributed by atoms with Crippen molar-refractivity contribution in [1.29, 1.82) is 0 Å². The van der Waals surface area contributed by atoms with Crippen LogP contribution in [0.15, 0.2) is 103 Å².